The van der Waals surface area contributed by atoms with Gasteiger partial charge in [-0.25, -0.2) is 4.39 Å². The van der Waals surface area contributed by atoms with Crippen molar-refractivity contribution in [3.8, 4) is 0 Å². The molecule has 0 aliphatic heterocycles. The number of halogens is 1. The molecule has 3 nitrogen and oxygen atoms in total. The van der Waals surface area contributed by atoms with E-state index in [1.165, 1.54) is 6.07 Å². The van der Waals surface area contributed by atoms with Gasteiger partial charge in [0.05, 0.1) is 5.56 Å². The van der Waals surface area contributed by atoms with Crippen LogP contribution in [0.25, 0.3) is 0 Å². The molecule has 0 radical (unpaired) electrons. The van der Waals surface area contributed by atoms with Crippen LogP contribution in [0.4, 0.5) is 4.39 Å². The van der Waals surface area contributed by atoms with Crippen molar-refractivity contribution in [2.45, 2.75) is 32.7 Å². The minimum Gasteiger partial charge on any atom is -0.349 e. The molecule has 1 unspecified atom stereocenters. The lowest BCUT2D eigenvalue weighted by molar-refractivity contribution is 0.0930. The number of amides is 1. The molecule has 94 valence electrons. The summed E-state index contributed by atoms with van der Waals surface area (Å²) in [5.41, 5.74) is 6.02. The van der Waals surface area contributed by atoms with Crippen molar-refractivity contribution in [3.05, 3.63) is 35.1 Å². The predicted octanol–water partition coefficient (Wildman–Crippen LogP) is 1.99. The van der Waals surface area contributed by atoms with Crippen LogP contribution in [0.1, 0.15) is 35.7 Å². The number of rotatable bonds is 5. The Morgan fingerprint density at radius 2 is 2.24 bits per heavy atom. The molecule has 1 aromatic rings. The van der Waals surface area contributed by atoms with Crippen LogP contribution < -0.4 is 11.1 Å². The number of nitrogens with one attached hydrogen (secondary N) is 1. The molecule has 0 saturated carbocycles. The maximum Gasteiger partial charge on any atom is 0.254 e. The second-order valence-corrected chi connectivity index (χ2v) is 4.09. The van der Waals surface area contributed by atoms with E-state index in [1.807, 2.05) is 6.92 Å². The molecule has 3 N–H and O–H groups in total. The highest BCUT2D eigenvalue weighted by Gasteiger charge is 2.15. The topological polar surface area (TPSA) is 55.1 Å². The first kappa shape index (κ1) is 13.6. The Kier molecular flexibility index (Phi) is 5.10. The van der Waals surface area contributed by atoms with Gasteiger partial charge in [0.1, 0.15) is 5.82 Å². The molecule has 1 atom stereocenters. The standard InChI is InChI=1S/C13H19FN2O/c1-3-10(7-8-15)16-13(17)11-6-4-5-9(2)12(11)14/h4-6,10H,3,7-8,15H2,1-2H3,(H,16,17). The van der Waals surface area contributed by atoms with Crippen molar-refractivity contribution >= 4 is 5.91 Å². The van der Waals surface area contributed by atoms with Gasteiger partial charge in [-0.1, -0.05) is 19.1 Å². The zero-order valence-corrected chi connectivity index (χ0v) is 10.3. The Balaban J connectivity index is 2.79. The SMILES string of the molecule is CCC(CCN)NC(=O)c1cccc(C)c1F. The Hall–Kier alpha value is -1.42. The van der Waals surface area contributed by atoms with E-state index in [1.54, 1.807) is 19.1 Å². The molecule has 0 aliphatic rings. The minimum atomic E-state index is -0.451. The first-order valence-corrected chi connectivity index (χ1v) is 5.86. The molecule has 0 spiro atoms. The van der Waals surface area contributed by atoms with Gasteiger partial charge in [-0.2, -0.15) is 0 Å². The van der Waals surface area contributed by atoms with Gasteiger partial charge >= 0.3 is 0 Å². The van der Waals surface area contributed by atoms with E-state index < -0.39 is 5.82 Å². The van der Waals surface area contributed by atoms with E-state index in [4.69, 9.17) is 5.73 Å². The minimum absolute atomic E-state index is 0.00686. The first-order valence-electron chi connectivity index (χ1n) is 5.86. The molecule has 0 bridgehead atoms. The number of hydrogen-bond donors (Lipinski definition) is 2. The predicted molar refractivity (Wildman–Crippen MR) is 66.4 cm³/mol. The first-order chi connectivity index (χ1) is 8.10. The molecule has 1 rings (SSSR count). The summed E-state index contributed by atoms with van der Waals surface area (Å²) < 4.78 is 13.7. The van der Waals surface area contributed by atoms with Crippen LogP contribution >= 0.6 is 0 Å². The fraction of sp³-hybridized carbons (Fsp3) is 0.462. The molecular formula is C13H19FN2O. The van der Waals surface area contributed by atoms with Gasteiger partial charge in [0, 0.05) is 6.04 Å². The van der Waals surface area contributed by atoms with Crippen molar-refractivity contribution in [3.63, 3.8) is 0 Å². The third-order valence-corrected chi connectivity index (χ3v) is 2.78. The van der Waals surface area contributed by atoms with Crippen LogP contribution in [0.3, 0.4) is 0 Å². The van der Waals surface area contributed by atoms with Gasteiger partial charge in [-0.3, -0.25) is 4.79 Å². The number of nitrogens with two attached hydrogens (primary N) is 1. The molecule has 0 heterocycles. The molecule has 4 heteroatoms. The summed E-state index contributed by atoms with van der Waals surface area (Å²) in [6.07, 6.45) is 1.49. The summed E-state index contributed by atoms with van der Waals surface area (Å²) in [6, 6.07) is 4.82. The Labute approximate surface area is 101 Å². The van der Waals surface area contributed by atoms with E-state index in [9.17, 15) is 9.18 Å². The lowest BCUT2D eigenvalue weighted by Gasteiger charge is -2.16. The number of hydrogen-bond acceptors (Lipinski definition) is 2. The van der Waals surface area contributed by atoms with Gasteiger partial charge in [-0.15, -0.1) is 0 Å². The molecule has 17 heavy (non-hydrogen) atoms. The third kappa shape index (κ3) is 3.53. The van der Waals surface area contributed by atoms with Gasteiger partial charge in [-0.05, 0) is 37.9 Å². The van der Waals surface area contributed by atoms with E-state index in [-0.39, 0.29) is 17.5 Å². The fourth-order valence-corrected chi connectivity index (χ4v) is 1.67. The number of benzene rings is 1. The van der Waals surface area contributed by atoms with Crippen LogP contribution in [0.2, 0.25) is 0 Å². The van der Waals surface area contributed by atoms with Crippen molar-refractivity contribution in [1.29, 1.82) is 0 Å². The van der Waals surface area contributed by atoms with Gasteiger partial charge < -0.3 is 11.1 Å². The molecule has 1 aromatic carbocycles. The monoisotopic (exact) mass is 238 g/mol. The quantitative estimate of drug-likeness (QED) is 0.824. The van der Waals surface area contributed by atoms with Gasteiger partial charge in [0.25, 0.3) is 5.91 Å². The van der Waals surface area contributed by atoms with Crippen molar-refractivity contribution in [2.24, 2.45) is 5.73 Å². The summed E-state index contributed by atoms with van der Waals surface area (Å²) in [6.45, 7) is 4.12. The van der Waals surface area contributed by atoms with Gasteiger partial charge in [0.15, 0.2) is 0 Å². The largest absolute Gasteiger partial charge is 0.349 e. The summed E-state index contributed by atoms with van der Waals surface area (Å²) in [4.78, 5) is 11.9. The van der Waals surface area contributed by atoms with Crippen LogP contribution in [-0.4, -0.2) is 18.5 Å². The van der Waals surface area contributed by atoms with E-state index >= 15 is 0 Å². The van der Waals surface area contributed by atoms with Crippen molar-refractivity contribution in [2.75, 3.05) is 6.54 Å². The average molecular weight is 238 g/mol. The van der Waals surface area contributed by atoms with Crippen LogP contribution in [0.5, 0.6) is 0 Å². The normalized spacial score (nSPS) is 12.2. The highest BCUT2D eigenvalue weighted by Crippen LogP contribution is 2.12. The number of carbonyl (C=O) groups excluding carboxylic acids is 1. The molecular weight excluding hydrogens is 219 g/mol. The van der Waals surface area contributed by atoms with Crippen molar-refractivity contribution in [1.82, 2.24) is 5.32 Å². The smallest absolute Gasteiger partial charge is 0.254 e. The highest BCUT2D eigenvalue weighted by atomic mass is 19.1. The highest BCUT2D eigenvalue weighted by molar-refractivity contribution is 5.94. The molecule has 0 aromatic heterocycles. The number of aryl methyl sites for hydroxylation is 1. The van der Waals surface area contributed by atoms with Crippen LogP contribution in [0, 0.1) is 12.7 Å². The Morgan fingerprint density at radius 3 is 2.82 bits per heavy atom. The molecule has 0 aliphatic carbocycles. The van der Waals surface area contributed by atoms with E-state index in [2.05, 4.69) is 5.32 Å². The fourth-order valence-electron chi connectivity index (χ4n) is 1.67. The second kappa shape index (κ2) is 6.35. The second-order valence-electron chi connectivity index (χ2n) is 4.09. The lowest BCUT2D eigenvalue weighted by atomic mass is 10.1. The third-order valence-electron chi connectivity index (χ3n) is 2.78. The van der Waals surface area contributed by atoms with Crippen molar-refractivity contribution < 1.29 is 9.18 Å². The maximum atomic E-state index is 13.7. The van der Waals surface area contributed by atoms with Crippen LogP contribution in [0.15, 0.2) is 18.2 Å². The molecule has 0 fully saturated rings. The van der Waals surface area contributed by atoms with E-state index in [0.29, 0.717) is 18.5 Å². The summed E-state index contributed by atoms with van der Waals surface area (Å²) in [5.74, 6) is -0.820. The summed E-state index contributed by atoms with van der Waals surface area (Å²) in [7, 11) is 0. The Bertz CT molecular complexity index is 393. The summed E-state index contributed by atoms with van der Waals surface area (Å²) in [5, 5.41) is 2.79. The number of carbonyl (C=O) groups is 1. The van der Waals surface area contributed by atoms with E-state index in [0.717, 1.165) is 6.42 Å². The molecule has 0 saturated heterocycles. The van der Waals surface area contributed by atoms with Crippen LogP contribution in [-0.2, 0) is 0 Å². The average Bonchev–Trinajstić information content (AvgIpc) is 2.31. The zero-order chi connectivity index (χ0) is 12.8. The summed E-state index contributed by atoms with van der Waals surface area (Å²) >= 11 is 0. The maximum absolute atomic E-state index is 13.7. The lowest BCUT2D eigenvalue weighted by Crippen LogP contribution is -2.36. The Morgan fingerprint density at radius 1 is 1.53 bits per heavy atom. The zero-order valence-electron chi connectivity index (χ0n) is 10.3. The molecule has 1 amide bonds. The van der Waals surface area contributed by atoms with Gasteiger partial charge in [0.2, 0.25) is 0 Å².